The van der Waals surface area contributed by atoms with Crippen molar-refractivity contribution in [3.8, 4) is 0 Å². The Hall–Kier alpha value is -1.56. The molecule has 2 N–H and O–H groups in total. The van der Waals surface area contributed by atoms with Crippen LogP contribution in [0.2, 0.25) is 0 Å². The summed E-state index contributed by atoms with van der Waals surface area (Å²) in [6.07, 6.45) is -2.43. The van der Waals surface area contributed by atoms with E-state index in [2.05, 4.69) is 0 Å². The molecule has 0 saturated carbocycles. The number of nitrogens with zero attached hydrogens (tertiary/aromatic N) is 1. The van der Waals surface area contributed by atoms with Crippen LogP contribution in [0.25, 0.3) is 0 Å². The number of likely N-dealkylation sites (N-methyl/N-ethyl adjacent to an activating group) is 1. The van der Waals surface area contributed by atoms with Crippen molar-refractivity contribution in [3.05, 3.63) is 35.4 Å². The number of hydrogen-bond donors (Lipinski definition) is 1. The van der Waals surface area contributed by atoms with Crippen LogP contribution >= 0.6 is 12.2 Å². The number of rotatable bonds is 5. The summed E-state index contributed by atoms with van der Waals surface area (Å²) in [6, 6.07) is 6.83. The molecule has 1 aromatic rings. The molecule has 0 atom stereocenters. The van der Waals surface area contributed by atoms with Crippen molar-refractivity contribution in [3.63, 3.8) is 0 Å². The summed E-state index contributed by atoms with van der Waals surface area (Å²) in [5.74, 6) is -0.349. The minimum atomic E-state index is -2.52. The predicted molar refractivity (Wildman–Crippen MR) is 69.7 cm³/mol. The third-order valence-electron chi connectivity index (χ3n) is 2.43. The van der Waals surface area contributed by atoms with Crippen molar-refractivity contribution in [2.75, 3.05) is 13.6 Å². The van der Waals surface area contributed by atoms with E-state index < -0.39 is 13.0 Å². The Kier molecular flexibility index (Phi) is 5.15. The van der Waals surface area contributed by atoms with Crippen LogP contribution in [0.15, 0.2) is 24.3 Å². The zero-order valence-electron chi connectivity index (χ0n) is 9.90. The maximum atomic E-state index is 12.1. The van der Waals surface area contributed by atoms with Crippen LogP contribution in [0.5, 0.6) is 0 Å². The fraction of sp³-hybridized carbons (Fsp3) is 0.333. The minimum Gasteiger partial charge on any atom is -0.389 e. The normalized spacial score (nSPS) is 10.4. The zero-order chi connectivity index (χ0) is 13.7. The highest BCUT2D eigenvalue weighted by atomic mass is 32.1. The van der Waals surface area contributed by atoms with Crippen molar-refractivity contribution in [1.82, 2.24) is 4.90 Å². The fourth-order valence-corrected chi connectivity index (χ4v) is 1.54. The van der Waals surface area contributed by atoms with Gasteiger partial charge in [-0.1, -0.05) is 36.5 Å². The van der Waals surface area contributed by atoms with E-state index in [4.69, 9.17) is 18.0 Å². The van der Waals surface area contributed by atoms with Crippen molar-refractivity contribution in [1.29, 1.82) is 0 Å². The molecule has 0 aliphatic rings. The molecule has 0 aliphatic heterocycles. The molecule has 0 radical (unpaired) electrons. The first-order chi connectivity index (χ1) is 8.40. The number of nitrogens with two attached hydrogens (primary N) is 1. The summed E-state index contributed by atoms with van der Waals surface area (Å²) in [5, 5.41) is 0. The Bertz CT molecular complexity index is 434. The van der Waals surface area contributed by atoms with Crippen LogP contribution in [0, 0.1) is 0 Å². The quantitative estimate of drug-likeness (QED) is 0.828. The van der Waals surface area contributed by atoms with Gasteiger partial charge in [-0.3, -0.25) is 4.79 Å². The Balaban J connectivity index is 2.62. The fourth-order valence-electron chi connectivity index (χ4n) is 1.41. The second-order valence-corrected chi connectivity index (χ2v) is 4.34. The maximum Gasteiger partial charge on any atom is 0.255 e. The minimum absolute atomic E-state index is 0.0842. The number of carbonyl (C=O) groups is 1. The van der Waals surface area contributed by atoms with E-state index in [1.165, 1.54) is 7.05 Å². The molecule has 3 nitrogen and oxygen atoms in total. The molecular formula is C12H14F2N2OS. The number of thiocarbonyl (C=S) groups is 1. The van der Waals surface area contributed by atoms with Gasteiger partial charge in [0.1, 0.15) is 4.99 Å². The summed E-state index contributed by atoms with van der Waals surface area (Å²) in [6.45, 7) is -0.552. The van der Waals surface area contributed by atoms with Crippen molar-refractivity contribution >= 4 is 23.1 Å². The lowest BCUT2D eigenvalue weighted by Crippen LogP contribution is -2.32. The summed E-state index contributed by atoms with van der Waals surface area (Å²) in [4.78, 5) is 12.9. The van der Waals surface area contributed by atoms with Gasteiger partial charge in [-0.15, -0.1) is 0 Å². The molecule has 1 rings (SSSR count). The van der Waals surface area contributed by atoms with Crippen molar-refractivity contribution < 1.29 is 13.6 Å². The molecule has 0 aliphatic carbocycles. The molecule has 0 fully saturated rings. The van der Waals surface area contributed by atoms with E-state index in [1.54, 1.807) is 24.3 Å². The lowest BCUT2D eigenvalue weighted by molar-refractivity contribution is -0.130. The van der Waals surface area contributed by atoms with Gasteiger partial charge in [-0.25, -0.2) is 8.78 Å². The van der Waals surface area contributed by atoms with E-state index in [9.17, 15) is 13.6 Å². The smallest absolute Gasteiger partial charge is 0.255 e. The Morgan fingerprint density at radius 1 is 1.39 bits per heavy atom. The number of halogens is 2. The molecule has 98 valence electrons. The lowest BCUT2D eigenvalue weighted by atomic mass is 10.1. The molecule has 0 bridgehead atoms. The average molecular weight is 272 g/mol. The van der Waals surface area contributed by atoms with Crippen molar-refractivity contribution in [2.24, 2.45) is 5.73 Å². The summed E-state index contributed by atoms with van der Waals surface area (Å²) < 4.78 is 24.2. The molecule has 6 heteroatoms. The van der Waals surface area contributed by atoms with Crippen LogP contribution in [-0.2, 0) is 11.2 Å². The van der Waals surface area contributed by atoms with Gasteiger partial charge >= 0.3 is 0 Å². The number of hydrogen-bond acceptors (Lipinski definition) is 2. The van der Waals surface area contributed by atoms with Crippen LogP contribution in [0.4, 0.5) is 8.78 Å². The second kappa shape index (κ2) is 6.39. The molecule has 0 unspecified atom stereocenters. The highest BCUT2D eigenvalue weighted by Gasteiger charge is 2.14. The Morgan fingerprint density at radius 3 is 2.39 bits per heavy atom. The average Bonchev–Trinajstić information content (AvgIpc) is 2.28. The first-order valence-electron chi connectivity index (χ1n) is 5.31. The van der Waals surface area contributed by atoms with E-state index in [1.807, 2.05) is 0 Å². The van der Waals surface area contributed by atoms with Gasteiger partial charge in [-0.05, 0) is 5.56 Å². The summed E-state index contributed by atoms with van der Waals surface area (Å²) in [7, 11) is 1.36. The lowest BCUT2D eigenvalue weighted by Gasteiger charge is -2.16. The van der Waals surface area contributed by atoms with Gasteiger partial charge in [0.15, 0.2) is 0 Å². The number of amides is 1. The number of benzene rings is 1. The van der Waals surface area contributed by atoms with E-state index in [0.717, 1.165) is 10.5 Å². The van der Waals surface area contributed by atoms with Crippen LogP contribution in [0.1, 0.15) is 11.1 Å². The zero-order valence-corrected chi connectivity index (χ0v) is 10.7. The first-order valence-corrected chi connectivity index (χ1v) is 5.72. The Labute approximate surface area is 110 Å². The second-order valence-electron chi connectivity index (χ2n) is 3.90. The predicted octanol–water partition coefficient (Wildman–Crippen LogP) is 1.59. The van der Waals surface area contributed by atoms with Gasteiger partial charge in [-0.2, -0.15) is 0 Å². The van der Waals surface area contributed by atoms with Crippen LogP contribution < -0.4 is 5.73 Å². The molecule has 1 aromatic carbocycles. The molecule has 0 spiro atoms. The topological polar surface area (TPSA) is 46.3 Å². The van der Waals surface area contributed by atoms with Crippen LogP contribution in [0.3, 0.4) is 0 Å². The van der Waals surface area contributed by atoms with Crippen LogP contribution in [-0.4, -0.2) is 35.8 Å². The molecular weight excluding hydrogens is 258 g/mol. The SMILES string of the molecule is CN(CC(F)F)C(=O)Cc1ccc(C(N)=S)cc1. The van der Waals surface area contributed by atoms with Gasteiger partial charge in [0.2, 0.25) is 5.91 Å². The number of alkyl halides is 2. The van der Waals surface area contributed by atoms with Gasteiger partial charge in [0.05, 0.1) is 13.0 Å². The van der Waals surface area contributed by atoms with E-state index in [0.29, 0.717) is 5.56 Å². The summed E-state index contributed by atoms with van der Waals surface area (Å²) >= 11 is 4.80. The number of carbonyl (C=O) groups excluding carboxylic acids is 1. The van der Waals surface area contributed by atoms with E-state index in [-0.39, 0.29) is 17.3 Å². The molecule has 1 amide bonds. The molecule has 0 saturated heterocycles. The highest BCUT2D eigenvalue weighted by Crippen LogP contribution is 2.07. The molecule has 0 aromatic heterocycles. The Morgan fingerprint density at radius 2 is 1.94 bits per heavy atom. The van der Waals surface area contributed by atoms with Gasteiger partial charge < -0.3 is 10.6 Å². The monoisotopic (exact) mass is 272 g/mol. The third kappa shape index (κ3) is 4.37. The van der Waals surface area contributed by atoms with Gasteiger partial charge in [0, 0.05) is 12.6 Å². The standard InChI is InChI=1S/C12H14F2N2OS/c1-16(7-10(13)14)11(17)6-8-2-4-9(5-3-8)12(15)18/h2-5,10H,6-7H2,1H3,(H2,15,18). The third-order valence-corrected chi connectivity index (χ3v) is 2.67. The van der Waals surface area contributed by atoms with Crippen molar-refractivity contribution in [2.45, 2.75) is 12.8 Å². The summed E-state index contributed by atoms with van der Waals surface area (Å²) in [5.41, 5.74) is 6.89. The highest BCUT2D eigenvalue weighted by molar-refractivity contribution is 7.80. The molecule has 18 heavy (non-hydrogen) atoms. The largest absolute Gasteiger partial charge is 0.389 e. The van der Waals surface area contributed by atoms with E-state index >= 15 is 0 Å². The maximum absolute atomic E-state index is 12.1. The first kappa shape index (κ1) is 14.5. The molecule has 0 heterocycles. The van der Waals surface area contributed by atoms with Gasteiger partial charge in [0.25, 0.3) is 6.43 Å².